The lowest BCUT2D eigenvalue weighted by molar-refractivity contribution is 0.0946. The number of pyridine rings is 1. The van der Waals surface area contributed by atoms with E-state index < -0.39 is 0 Å². The molecule has 28 heavy (non-hydrogen) atoms. The average Bonchev–Trinajstić information content (AvgIpc) is 2.95. The van der Waals surface area contributed by atoms with Gasteiger partial charge in [0.05, 0.1) is 12.1 Å². The Morgan fingerprint density at radius 2 is 2.29 bits per heavy atom. The summed E-state index contributed by atoms with van der Waals surface area (Å²) in [6.07, 6.45) is 9.62. The SMILES string of the molecule is Cc1sc(NC(=S)N(N)Cc2cccnc2)c(C(=O)C2C=C(Cl)C=CC2)c1C. The second-order valence-corrected chi connectivity index (χ2v) is 8.61. The highest BCUT2D eigenvalue weighted by Crippen LogP contribution is 2.36. The highest BCUT2D eigenvalue weighted by Gasteiger charge is 2.27. The van der Waals surface area contributed by atoms with E-state index in [0.29, 0.717) is 33.7 Å². The van der Waals surface area contributed by atoms with Crippen LogP contribution in [0.5, 0.6) is 0 Å². The van der Waals surface area contributed by atoms with Crippen molar-refractivity contribution in [3.63, 3.8) is 0 Å². The number of hydrogen-bond donors (Lipinski definition) is 2. The number of nitrogens with two attached hydrogens (primary N) is 1. The first-order chi connectivity index (χ1) is 13.4. The molecule has 0 aliphatic heterocycles. The number of nitrogens with one attached hydrogen (secondary N) is 1. The van der Waals surface area contributed by atoms with Crippen LogP contribution in [0.4, 0.5) is 5.00 Å². The number of halogens is 1. The van der Waals surface area contributed by atoms with Crippen LogP contribution in [-0.4, -0.2) is 20.9 Å². The van der Waals surface area contributed by atoms with Gasteiger partial charge in [0.25, 0.3) is 0 Å². The summed E-state index contributed by atoms with van der Waals surface area (Å²) in [6, 6.07) is 3.77. The molecular weight excluding hydrogens is 412 g/mol. The number of thiocarbonyl (C=S) groups is 1. The molecule has 0 bridgehead atoms. The molecule has 0 fully saturated rings. The lowest BCUT2D eigenvalue weighted by atomic mass is 9.90. The molecular formula is C20H21ClN4OS2. The minimum absolute atomic E-state index is 0.0329. The van der Waals surface area contributed by atoms with E-state index in [9.17, 15) is 4.79 Å². The number of Topliss-reactive ketones (excluding diaryl/α,β-unsaturated/α-hetero) is 1. The zero-order chi connectivity index (χ0) is 20.3. The van der Waals surface area contributed by atoms with Crippen molar-refractivity contribution in [3.8, 4) is 0 Å². The lowest BCUT2D eigenvalue weighted by Crippen LogP contribution is -2.39. The van der Waals surface area contributed by atoms with E-state index in [1.807, 2.05) is 38.1 Å². The van der Waals surface area contributed by atoms with Gasteiger partial charge in [-0.05, 0) is 55.8 Å². The van der Waals surface area contributed by atoms with Crippen LogP contribution in [0.15, 0.2) is 47.8 Å². The van der Waals surface area contributed by atoms with Gasteiger partial charge in [0, 0.05) is 28.2 Å². The van der Waals surface area contributed by atoms with Crippen LogP contribution in [0, 0.1) is 19.8 Å². The molecule has 2 heterocycles. The molecule has 0 amide bonds. The third-order valence-corrected chi connectivity index (χ3v) is 6.26. The van der Waals surface area contributed by atoms with Crippen LogP contribution >= 0.6 is 35.2 Å². The van der Waals surface area contributed by atoms with Crippen molar-refractivity contribution in [3.05, 3.63) is 69.4 Å². The Balaban J connectivity index is 1.79. The summed E-state index contributed by atoms with van der Waals surface area (Å²) in [4.78, 5) is 18.3. The summed E-state index contributed by atoms with van der Waals surface area (Å²) in [5.41, 5.74) is 2.55. The molecule has 3 rings (SSSR count). The molecule has 1 atom stereocenters. The van der Waals surface area contributed by atoms with Crippen LogP contribution in [0.25, 0.3) is 0 Å². The maximum absolute atomic E-state index is 13.2. The van der Waals surface area contributed by atoms with Gasteiger partial charge in [-0.2, -0.15) is 0 Å². The number of rotatable bonds is 5. The Morgan fingerprint density at radius 1 is 1.50 bits per heavy atom. The van der Waals surface area contributed by atoms with Crippen molar-refractivity contribution in [2.45, 2.75) is 26.8 Å². The molecule has 146 valence electrons. The molecule has 2 aromatic heterocycles. The number of allylic oxidation sites excluding steroid dienone is 4. The summed E-state index contributed by atoms with van der Waals surface area (Å²) in [7, 11) is 0. The van der Waals surface area contributed by atoms with Gasteiger partial charge in [0.15, 0.2) is 10.9 Å². The number of ketones is 1. The standard InChI is InChI=1S/C20H21ClN4OS2/c1-12-13(2)28-19(17(12)18(26)15-6-3-7-16(21)9-15)24-20(27)25(22)11-14-5-4-8-23-10-14/h3-5,7-10,15H,6,11,22H2,1-2H3,(H,24,27). The molecule has 2 aromatic rings. The van der Waals surface area contributed by atoms with Gasteiger partial charge in [-0.25, -0.2) is 5.84 Å². The van der Waals surface area contributed by atoms with Crippen LogP contribution in [-0.2, 0) is 6.54 Å². The minimum Gasteiger partial charge on any atom is -0.323 e. The fourth-order valence-electron chi connectivity index (χ4n) is 2.95. The van der Waals surface area contributed by atoms with E-state index >= 15 is 0 Å². The smallest absolute Gasteiger partial charge is 0.188 e. The third-order valence-electron chi connectivity index (χ3n) is 4.55. The summed E-state index contributed by atoms with van der Waals surface area (Å²) in [6.45, 7) is 4.36. The van der Waals surface area contributed by atoms with Crippen LogP contribution in [0.1, 0.15) is 32.8 Å². The Hall–Kier alpha value is -2.06. The molecule has 5 nitrogen and oxygen atoms in total. The minimum atomic E-state index is -0.274. The number of carbonyl (C=O) groups is 1. The number of aromatic nitrogens is 1. The second-order valence-electron chi connectivity index (χ2n) is 6.57. The summed E-state index contributed by atoms with van der Waals surface area (Å²) in [5, 5.41) is 6.24. The van der Waals surface area contributed by atoms with Crippen molar-refractivity contribution in [1.29, 1.82) is 0 Å². The number of carbonyl (C=O) groups excluding carboxylic acids is 1. The molecule has 1 unspecified atom stereocenters. The van der Waals surface area contributed by atoms with Crippen molar-refractivity contribution in [1.82, 2.24) is 9.99 Å². The Morgan fingerprint density at radius 3 is 2.96 bits per heavy atom. The third kappa shape index (κ3) is 4.67. The predicted molar refractivity (Wildman–Crippen MR) is 119 cm³/mol. The maximum Gasteiger partial charge on any atom is 0.188 e. The topological polar surface area (TPSA) is 71.2 Å². The van der Waals surface area contributed by atoms with Gasteiger partial charge >= 0.3 is 0 Å². The number of nitrogens with zero attached hydrogens (tertiary/aromatic N) is 2. The highest BCUT2D eigenvalue weighted by atomic mass is 35.5. The maximum atomic E-state index is 13.2. The summed E-state index contributed by atoms with van der Waals surface area (Å²) in [5.74, 6) is 5.87. The fourth-order valence-corrected chi connectivity index (χ4v) is 4.49. The van der Waals surface area contributed by atoms with E-state index in [2.05, 4.69) is 10.3 Å². The molecule has 1 aliphatic rings. The second kappa shape index (κ2) is 8.96. The highest BCUT2D eigenvalue weighted by molar-refractivity contribution is 7.80. The van der Waals surface area contributed by atoms with Crippen molar-refractivity contribution >= 4 is 51.1 Å². The van der Waals surface area contributed by atoms with Crippen molar-refractivity contribution < 1.29 is 4.79 Å². The van der Waals surface area contributed by atoms with Crippen LogP contribution in [0.3, 0.4) is 0 Å². The Labute approximate surface area is 178 Å². The first-order valence-corrected chi connectivity index (χ1v) is 10.4. The lowest BCUT2D eigenvalue weighted by Gasteiger charge is -2.21. The fraction of sp³-hybridized carbons (Fsp3) is 0.250. The number of anilines is 1. The number of hydrogen-bond acceptors (Lipinski definition) is 5. The van der Waals surface area contributed by atoms with E-state index in [4.69, 9.17) is 29.7 Å². The Bertz CT molecular complexity index is 953. The van der Waals surface area contributed by atoms with Gasteiger partial charge in [-0.15, -0.1) is 11.3 Å². The zero-order valence-corrected chi connectivity index (χ0v) is 18.0. The number of aryl methyl sites for hydroxylation is 1. The van der Waals surface area contributed by atoms with E-state index in [-0.39, 0.29) is 11.7 Å². The molecule has 0 saturated heterocycles. The van der Waals surface area contributed by atoms with E-state index in [1.54, 1.807) is 18.5 Å². The number of hydrazine groups is 1. The monoisotopic (exact) mass is 432 g/mol. The van der Waals surface area contributed by atoms with Gasteiger partial charge in [0.1, 0.15) is 5.00 Å². The van der Waals surface area contributed by atoms with E-state index in [0.717, 1.165) is 16.0 Å². The molecule has 0 aromatic carbocycles. The van der Waals surface area contributed by atoms with E-state index in [1.165, 1.54) is 16.3 Å². The largest absolute Gasteiger partial charge is 0.323 e. The predicted octanol–water partition coefficient (Wildman–Crippen LogP) is 4.71. The molecule has 0 saturated carbocycles. The van der Waals surface area contributed by atoms with Gasteiger partial charge in [-0.3, -0.25) is 14.8 Å². The summed E-state index contributed by atoms with van der Waals surface area (Å²) < 4.78 is 0. The zero-order valence-electron chi connectivity index (χ0n) is 15.6. The molecule has 0 spiro atoms. The summed E-state index contributed by atoms with van der Waals surface area (Å²) >= 11 is 13.0. The Kier molecular flexibility index (Phi) is 6.61. The first kappa shape index (κ1) is 20.7. The average molecular weight is 433 g/mol. The van der Waals surface area contributed by atoms with Crippen molar-refractivity contribution in [2.24, 2.45) is 11.8 Å². The van der Waals surface area contributed by atoms with Crippen LogP contribution in [0.2, 0.25) is 0 Å². The number of thiophene rings is 1. The first-order valence-electron chi connectivity index (χ1n) is 8.77. The van der Waals surface area contributed by atoms with Crippen LogP contribution < -0.4 is 11.2 Å². The molecule has 3 N–H and O–H groups in total. The van der Waals surface area contributed by atoms with Gasteiger partial charge in [0.2, 0.25) is 0 Å². The normalized spacial score (nSPS) is 15.9. The quantitative estimate of drug-likeness (QED) is 0.308. The van der Waals surface area contributed by atoms with Gasteiger partial charge < -0.3 is 5.32 Å². The molecule has 1 aliphatic carbocycles. The molecule has 0 radical (unpaired) electrons. The molecule has 8 heteroatoms. The van der Waals surface area contributed by atoms with Crippen molar-refractivity contribution in [2.75, 3.05) is 5.32 Å². The van der Waals surface area contributed by atoms with Gasteiger partial charge in [-0.1, -0.05) is 29.8 Å².